The maximum atomic E-state index is 10.6. The van der Waals surface area contributed by atoms with Crippen molar-refractivity contribution in [3.8, 4) is 0 Å². The van der Waals surface area contributed by atoms with Gasteiger partial charge in [0.1, 0.15) is 0 Å². The molecule has 1 rings (SSSR count). The third kappa shape index (κ3) is 1.57. The van der Waals surface area contributed by atoms with Crippen LogP contribution in [0.3, 0.4) is 0 Å². The molecule has 0 aliphatic rings. The highest BCUT2D eigenvalue weighted by Crippen LogP contribution is 2.22. The van der Waals surface area contributed by atoms with Crippen molar-refractivity contribution in [3.63, 3.8) is 0 Å². The van der Waals surface area contributed by atoms with Crippen LogP contribution in [0.2, 0.25) is 0 Å². The Hall–Kier alpha value is -1.07. The smallest absolute Gasteiger partial charge is 0.0487 e. The fourth-order valence-corrected chi connectivity index (χ4v) is 1.38. The van der Waals surface area contributed by atoms with E-state index in [0.717, 1.165) is 0 Å². The van der Waals surface area contributed by atoms with Gasteiger partial charge in [-0.1, -0.05) is 0 Å². The summed E-state index contributed by atoms with van der Waals surface area (Å²) in [5.74, 6) is 0. The first kappa shape index (κ1) is 9.02. The topological polar surface area (TPSA) is 92.2 Å². The van der Waals surface area contributed by atoms with Crippen LogP contribution < -0.4 is 11.5 Å². The van der Waals surface area contributed by atoms with Crippen molar-refractivity contribution in [1.82, 2.24) is 0 Å². The van der Waals surface area contributed by atoms with Gasteiger partial charge in [-0.3, -0.25) is 4.21 Å². The third-order valence-electron chi connectivity index (χ3n) is 1.58. The highest BCUT2D eigenvalue weighted by atomic mass is 32.2. The number of anilines is 2. The van der Waals surface area contributed by atoms with Crippen molar-refractivity contribution < 1.29 is 8.76 Å². The van der Waals surface area contributed by atoms with Crippen LogP contribution in [0.15, 0.2) is 17.0 Å². The van der Waals surface area contributed by atoms with Crippen LogP contribution in [0, 0.1) is 6.92 Å². The van der Waals surface area contributed by atoms with Crippen LogP contribution in [0.25, 0.3) is 0 Å². The normalized spacial score (nSPS) is 12.8. The summed E-state index contributed by atoms with van der Waals surface area (Å²) in [4.78, 5) is 0.0988. The van der Waals surface area contributed by atoms with E-state index < -0.39 is 11.1 Å². The number of nitrogens with two attached hydrogens (primary N) is 2. The molecule has 4 N–H and O–H groups in total. The van der Waals surface area contributed by atoms with E-state index >= 15 is 0 Å². The first-order chi connectivity index (χ1) is 5.52. The Morgan fingerprint density at radius 1 is 1.33 bits per heavy atom. The summed E-state index contributed by atoms with van der Waals surface area (Å²) in [7, 11) is 0. The Kier molecular flexibility index (Phi) is 2.35. The Labute approximate surface area is 72.9 Å². The quantitative estimate of drug-likeness (QED) is 0.489. The summed E-state index contributed by atoms with van der Waals surface area (Å²) in [5, 5.41) is 0. The Morgan fingerprint density at radius 2 is 1.92 bits per heavy atom. The second-order valence-electron chi connectivity index (χ2n) is 2.48. The number of benzene rings is 1. The molecular weight excluding hydrogens is 176 g/mol. The first-order valence-corrected chi connectivity index (χ1v) is 4.34. The van der Waals surface area contributed by atoms with E-state index in [1.54, 1.807) is 6.92 Å². The molecule has 0 amide bonds. The molecule has 1 atom stereocenters. The van der Waals surface area contributed by atoms with Gasteiger partial charge in [0.25, 0.3) is 0 Å². The van der Waals surface area contributed by atoms with E-state index in [1.807, 2.05) is 0 Å². The molecule has 0 spiro atoms. The summed E-state index contributed by atoms with van der Waals surface area (Å²) in [6, 6.07) is 2.90. The van der Waals surface area contributed by atoms with Crippen LogP contribution in [-0.4, -0.2) is 8.76 Å². The molecule has 0 aliphatic heterocycles. The van der Waals surface area contributed by atoms with Crippen molar-refractivity contribution in [2.24, 2.45) is 0 Å². The SMILES string of the molecule is Cc1cc(S(=O)[O-])c(N)cc1N. The standard InChI is InChI=1S/C7H10N2O2S/c1-4-2-7(12(10)11)6(9)3-5(4)8/h2-3H,8-9H2,1H3,(H,10,11)/p-1. The van der Waals surface area contributed by atoms with E-state index in [1.165, 1.54) is 12.1 Å². The van der Waals surface area contributed by atoms with Crippen LogP contribution in [0.4, 0.5) is 11.4 Å². The molecule has 0 heterocycles. The number of rotatable bonds is 1. The highest BCUT2D eigenvalue weighted by Gasteiger charge is 2.02. The van der Waals surface area contributed by atoms with Gasteiger partial charge in [0, 0.05) is 16.3 Å². The molecule has 0 saturated carbocycles. The van der Waals surface area contributed by atoms with E-state index in [9.17, 15) is 8.76 Å². The Morgan fingerprint density at radius 3 is 2.42 bits per heavy atom. The number of aryl methyl sites for hydroxylation is 1. The van der Waals surface area contributed by atoms with Crippen LogP contribution in [-0.2, 0) is 11.1 Å². The molecule has 0 radical (unpaired) electrons. The molecule has 1 aromatic carbocycles. The Bertz CT molecular complexity index is 338. The molecule has 0 aromatic heterocycles. The summed E-state index contributed by atoms with van der Waals surface area (Å²) in [5.41, 5.74) is 12.3. The largest absolute Gasteiger partial charge is 0.768 e. The lowest BCUT2D eigenvalue weighted by atomic mass is 10.2. The molecule has 12 heavy (non-hydrogen) atoms. The fraction of sp³-hybridized carbons (Fsp3) is 0.143. The van der Waals surface area contributed by atoms with Gasteiger partial charge < -0.3 is 16.0 Å². The zero-order valence-corrected chi connectivity index (χ0v) is 7.35. The minimum Gasteiger partial charge on any atom is -0.768 e. The summed E-state index contributed by atoms with van der Waals surface area (Å²) in [6.07, 6.45) is 0. The zero-order chi connectivity index (χ0) is 9.30. The van der Waals surface area contributed by atoms with Crippen LogP contribution in [0.1, 0.15) is 5.56 Å². The number of hydrogen-bond donors (Lipinski definition) is 2. The maximum Gasteiger partial charge on any atom is 0.0487 e. The van der Waals surface area contributed by atoms with Crippen molar-refractivity contribution in [2.75, 3.05) is 11.5 Å². The van der Waals surface area contributed by atoms with Gasteiger partial charge in [-0.05, 0) is 35.7 Å². The van der Waals surface area contributed by atoms with Gasteiger partial charge in [0.2, 0.25) is 0 Å². The molecule has 4 nitrogen and oxygen atoms in total. The molecule has 66 valence electrons. The van der Waals surface area contributed by atoms with Crippen LogP contribution in [0.5, 0.6) is 0 Å². The van der Waals surface area contributed by atoms with Gasteiger partial charge in [-0.2, -0.15) is 0 Å². The second kappa shape index (κ2) is 3.12. The summed E-state index contributed by atoms with van der Waals surface area (Å²) >= 11 is -2.29. The molecule has 5 heteroatoms. The van der Waals surface area contributed by atoms with Crippen molar-refractivity contribution >= 4 is 22.5 Å². The van der Waals surface area contributed by atoms with Gasteiger partial charge in [-0.25, -0.2) is 0 Å². The van der Waals surface area contributed by atoms with E-state index in [-0.39, 0.29) is 10.6 Å². The average molecular weight is 185 g/mol. The van der Waals surface area contributed by atoms with Crippen molar-refractivity contribution in [2.45, 2.75) is 11.8 Å². The molecule has 0 fully saturated rings. The van der Waals surface area contributed by atoms with Crippen LogP contribution >= 0.6 is 0 Å². The predicted octanol–water partition coefficient (Wildman–Crippen LogP) is 0.397. The molecule has 0 aliphatic carbocycles. The second-order valence-corrected chi connectivity index (χ2v) is 3.39. The summed E-state index contributed by atoms with van der Waals surface area (Å²) in [6.45, 7) is 1.73. The monoisotopic (exact) mass is 185 g/mol. The maximum absolute atomic E-state index is 10.6. The van der Waals surface area contributed by atoms with Gasteiger partial charge in [0.05, 0.1) is 0 Å². The van der Waals surface area contributed by atoms with E-state index in [0.29, 0.717) is 11.3 Å². The van der Waals surface area contributed by atoms with Gasteiger partial charge in [-0.15, -0.1) is 0 Å². The van der Waals surface area contributed by atoms with E-state index in [4.69, 9.17) is 11.5 Å². The lowest BCUT2D eigenvalue weighted by molar-refractivity contribution is 0.537. The highest BCUT2D eigenvalue weighted by molar-refractivity contribution is 7.79. The fourth-order valence-electron chi connectivity index (χ4n) is 0.860. The van der Waals surface area contributed by atoms with E-state index in [2.05, 4.69) is 0 Å². The third-order valence-corrected chi connectivity index (χ3v) is 2.29. The summed E-state index contributed by atoms with van der Waals surface area (Å²) < 4.78 is 21.1. The van der Waals surface area contributed by atoms with Gasteiger partial charge >= 0.3 is 0 Å². The minimum atomic E-state index is -2.29. The van der Waals surface area contributed by atoms with Gasteiger partial charge in [0.15, 0.2) is 0 Å². The predicted molar refractivity (Wildman–Crippen MR) is 47.2 cm³/mol. The lowest BCUT2D eigenvalue weighted by Crippen LogP contribution is -2.00. The molecule has 1 aromatic rings. The first-order valence-electron chi connectivity index (χ1n) is 3.27. The minimum absolute atomic E-state index is 0.0988. The zero-order valence-electron chi connectivity index (χ0n) is 6.53. The molecule has 1 unspecified atom stereocenters. The molecule has 0 saturated heterocycles. The lowest BCUT2D eigenvalue weighted by Gasteiger charge is -2.10. The van der Waals surface area contributed by atoms with Crippen molar-refractivity contribution in [1.29, 1.82) is 0 Å². The average Bonchev–Trinajstić information content (AvgIpc) is 1.96. The van der Waals surface area contributed by atoms with Crippen molar-refractivity contribution in [3.05, 3.63) is 17.7 Å². The number of nitrogen functional groups attached to an aromatic ring is 2. The molecule has 0 bridgehead atoms. The Balaban J connectivity index is 3.33. The number of hydrogen-bond acceptors (Lipinski definition) is 4. The molecular formula is C7H9N2O2S-.